The Morgan fingerprint density at radius 3 is 1.64 bits per heavy atom. The maximum atomic E-state index is 11.7. The molecule has 1 N–H and O–H groups in total. The normalized spacial score (nSPS) is 13.4. The van der Waals surface area contributed by atoms with E-state index in [1.54, 1.807) is 0 Å². The molecule has 1 atom stereocenters. The number of rotatable bonds is 2. The van der Waals surface area contributed by atoms with E-state index in [-0.39, 0.29) is 6.42 Å². The summed E-state index contributed by atoms with van der Waals surface area (Å²) < 4.78 is 35.0. The third kappa shape index (κ3) is 6.16. The van der Waals surface area contributed by atoms with Crippen LogP contribution < -0.4 is 5.32 Å². The van der Waals surface area contributed by atoms with E-state index in [1.165, 1.54) is 14.0 Å². The van der Waals surface area contributed by atoms with Gasteiger partial charge in [0.15, 0.2) is 0 Å². The van der Waals surface area contributed by atoms with Gasteiger partial charge in [-0.2, -0.15) is 13.2 Å². The average Bonchev–Trinajstić information content (AvgIpc) is 1.92. The molecule has 0 aliphatic carbocycles. The van der Waals surface area contributed by atoms with Crippen molar-refractivity contribution < 1.29 is 13.2 Å². The minimum absolute atomic E-state index is 0.0833. The Bertz CT molecular complexity index is 76.2. The Kier molecular flexibility index (Phi) is 7.84. The van der Waals surface area contributed by atoms with Gasteiger partial charge in [0.2, 0.25) is 0 Å². The van der Waals surface area contributed by atoms with Crippen LogP contribution in [0.25, 0.3) is 0 Å². The minimum Gasteiger partial charge on any atom is -0.309 e. The minimum atomic E-state index is -4.09. The van der Waals surface area contributed by atoms with Crippen LogP contribution in [-0.4, -0.2) is 19.3 Å². The first kappa shape index (κ1) is 13.3. The zero-order chi connectivity index (χ0) is 9.49. The topological polar surface area (TPSA) is 12.0 Å². The quantitative estimate of drug-likeness (QED) is 0.673. The highest BCUT2D eigenvalue weighted by Crippen LogP contribution is 2.21. The van der Waals surface area contributed by atoms with Crippen molar-refractivity contribution in [3.8, 4) is 0 Å². The summed E-state index contributed by atoms with van der Waals surface area (Å²) in [7, 11) is 1.31. The standard InChI is InChI=1S/C5H10F3N.C2H6/c1-3-4(9-2)5(6,7)8;1-2/h4,9H,3H2,1-2H3;1-2H3. The van der Waals surface area contributed by atoms with Gasteiger partial charge >= 0.3 is 6.18 Å². The van der Waals surface area contributed by atoms with Gasteiger partial charge in [0.05, 0.1) is 0 Å². The van der Waals surface area contributed by atoms with Crippen LogP contribution in [0.4, 0.5) is 13.2 Å². The summed E-state index contributed by atoms with van der Waals surface area (Å²) in [5.41, 5.74) is 0. The van der Waals surface area contributed by atoms with Gasteiger partial charge in [-0.15, -0.1) is 0 Å². The monoisotopic (exact) mass is 171 g/mol. The van der Waals surface area contributed by atoms with E-state index in [1.807, 2.05) is 13.8 Å². The number of hydrogen-bond acceptors (Lipinski definition) is 1. The van der Waals surface area contributed by atoms with E-state index in [2.05, 4.69) is 5.32 Å². The van der Waals surface area contributed by atoms with Gasteiger partial charge in [0.25, 0.3) is 0 Å². The molecule has 11 heavy (non-hydrogen) atoms. The van der Waals surface area contributed by atoms with Crippen LogP contribution in [0.1, 0.15) is 27.2 Å². The lowest BCUT2D eigenvalue weighted by Gasteiger charge is -2.16. The van der Waals surface area contributed by atoms with Gasteiger partial charge in [-0.25, -0.2) is 0 Å². The Balaban J connectivity index is 0. The van der Waals surface area contributed by atoms with E-state index in [0.29, 0.717) is 0 Å². The zero-order valence-electron chi connectivity index (χ0n) is 7.42. The van der Waals surface area contributed by atoms with Crippen LogP contribution in [0.5, 0.6) is 0 Å². The summed E-state index contributed by atoms with van der Waals surface area (Å²) in [6.07, 6.45) is -4.01. The van der Waals surface area contributed by atoms with Crippen molar-refractivity contribution in [1.82, 2.24) is 5.32 Å². The van der Waals surface area contributed by atoms with Crippen molar-refractivity contribution in [2.24, 2.45) is 0 Å². The molecule has 0 heterocycles. The summed E-state index contributed by atoms with van der Waals surface area (Å²) in [6.45, 7) is 5.49. The van der Waals surface area contributed by atoms with Gasteiger partial charge in [-0.05, 0) is 13.5 Å². The predicted octanol–water partition coefficient (Wildman–Crippen LogP) is 2.57. The lowest BCUT2D eigenvalue weighted by Crippen LogP contribution is -2.39. The molecule has 0 bridgehead atoms. The van der Waals surface area contributed by atoms with Gasteiger partial charge in [0.1, 0.15) is 6.04 Å². The van der Waals surface area contributed by atoms with Crippen LogP contribution in [0.15, 0.2) is 0 Å². The molecule has 0 aromatic heterocycles. The van der Waals surface area contributed by atoms with E-state index in [4.69, 9.17) is 0 Å². The summed E-state index contributed by atoms with van der Waals surface area (Å²) in [5, 5.41) is 2.17. The molecule has 70 valence electrons. The molecular weight excluding hydrogens is 155 g/mol. The zero-order valence-corrected chi connectivity index (χ0v) is 7.42. The molecule has 0 spiro atoms. The molecular formula is C7H16F3N. The predicted molar refractivity (Wildman–Crippen MR) is 40.5 cm³/mol. The SMILES string of the molecule is CC.CCC(NC)C(F)(F)F. The highest BCUT2D eigenvalue weighted by atomic mass is 19.4. The smallest absolute Gasteiger partial charge is 0.309 e. The van der Waals surface area contributed by atoms with Crippen molar-refractivity contribution in [2.75, 3.05) is 7.05 Å². The molecule has 0 rings (SSSR count). The fourth-order valence-corrected chi connectivity index (χ4v) is 0.599. The second-order valence-corrected chi connectivity index (χ2v) is 1.79. The van der Waals surface area contributed by atoms with Gasteiger partial charge in [0, 0.05) is 0 Å². The van der Waals surface area contributed by atoms with Gasteiger partial charge in [-0.3, -0.25) is 0 Å². The van der Waals surface area contributed by atoms with Crippen LogP contribution in [-0.2, 0) is 0 Å². The third-order valence-corrected chi connectivity index (χ3v) is 1.15. The molecule has 0 aromatic carbocycles. The number of hydrogen-bond donors (Lipinski definition) is 1. The van der Waals surface area contributed by atoms with Crippen LogP contribution in [0.2, 0.25) is 0 Å². The molecule has 1 nitrogen and oxygen atoms in total. The van der Waals surface area contributed by atoms with Crippen molar-refractivity contribution in [3.05, 3.63) is 0 Å². The number of nitrogens with one attached hydrogen (secondary N) is 1. The summed E-state index contributed by atoms with van der Waals surface area (Å²) in [4.78, 5) is 0. The maximum Gasteiger partial charge on any atom is 0.403 e. The lowest BCUT2D eigenvalue weighted by molar-refractivity contribution is -0.154. The van der Waals surface area contributed by atoms with Crippen molar-refractivity contribution >= 4 is 0 Å². The number of alkyl halides is 3. The molecule has 0 amide bonds. The summed E-state index contributed by atoms with van der Waals surface area (Å²) in [5.74, 6) is 0. The molecule has 0 aromatic rings. The second kappa shape index (κ2) is 6.46. The first-order chi connectivity index (χ1) is 5.02. The molecule has 0 radical (unpaired) electrons. The molecule has 0 saturated carbocycles. The highest BCUT2D eigenvalue weighted by Gasteiger charge is 2.36. The third-order valence-electron chi connectivity index (χ3n) is 1.15. The average molecular weight is 171 g/mol. The largest absolute Gasteiger partial charge is 0.403 e. The summed E-state index contributed by atoms with van der Waals surface area (Å²) >= 11 is 0. The number of halogens is 3. The molecule has 0 saturated heterocycles. The van der Waals surface area contributed by atoms with Crippen LogP contribution in [0.3, 0.4) is 0 Å². The Morgan fingerprint density at radius 2 is 1.64 bits per heavy atom. The Morgan fingerprint density at radius 1 is 1.27 bits per heavy atom. The molecule has 0 aliphatic rings. The second-order valence-electron chi connectivity index (χ2n) is 1.79. The Labute approximate surface area is 66.0 Å². The summed E-state index contributed by atoms with van der Waals surface area (Å²) in [6, 6.07) is -1.35. The van der Waals surface area contributed by atoms with E-state index < -0.39 is 12.2 Å². The van der Waals surface area contributed by atoms with Gasteiger partial charge < -0.3 is 5.32 Å². The van der Waals surface area contributed by atoms with Crippen molar-refractivity contribution in [2.45, 2.75) is 39.4 Å². The Hall–Kier alpha value is -0.250. The first-order valence-corrected chi connectivity index (χ1v) is 3.76. The van der Waals surface area contributed by atoms with E-state index in [0.717, 1.165) is 0 Å². The van der Waals surface area contributed by atoms with Crippen LogP contribution >= 0.6 is 0 Å². The lowest BCUT2D eigenvalue weighted by atomic mass is 10.2. The highest BCUT2D eigenvalue weighted by molar-refractivity contribution is 4.70. The fourth-order valence-electron chi connectivity index (χ4n) is 0.599. The van der Waals surface area contributed by atoms with Crippen molar-refractivity contribution in [3.63, 3.8) is 0 Å². The van der Waals surface area contributed by atoms with E-state index >= 15 is 0 Å². The first-order valence-electron chi connectivity index (χ1n) is 3.76. The molecule has 0 fully saturated rings. The molecule has 4 heteroatoms. The van der Waals surface area contributed by atoms with Gasteiger partial charge in [-0.1, -0.05) is 20.8 Å². The van der Waals surface area contributed by atoms with E-state index in [9.17, 15) is 13.2 Å². The maximum absolute atomic E-state index is 11.7. The van der Waals surface area contributed by atoms with Crippen molar-refractivity contribution in [1.29, 1.82) is 0 Å². The van der Waals surface area contributed by atoms with Crippen LogP contribution in [0, 0.1) is 0 Å². The molecule has 0 aliphatic heterocycles. The molecule has 1 unspecified atom stereocenters. The fraction of sp³-hybridized carbons (Fsp3) is 1.00.